The van der Waals surface area contributed by atoms with Crippen LogP contribution in [-0.4, -0.2) is 141 Å². The lowest BCUT2D eigenvalue weighted by molar-refractivity contribution is -0.454. The van der Waals surface area contributed by atoms with E-state index in [0.717, 1.165) is 60.1 Å². The molecule has 4 aromatic carbocycles. The molecule has 0 amide bonds. The molecule has 412 valence electrons. The van der Waals surface area contributed by atoms with E-state index in [1.165, 1.54) is 14.7 Å². The predicted octanol–water partition coefficient (Wildman–Crippen LogP) is 3.93. The highest BCUT2D eigenvalue weighted by atomic mass is 127. The minimum Gasteiger partial charge on any atom is -1.00 e. The van der Waals surface area contributed by atoms with E-state index in [9.17, 15) is 16.8 Å². The van der Waals surface area contributed by atoms with E-state index in [1.807, 2.05) is 130 Å². The van der Waals surface area contributed by atoms with Crippen LogP contribution in [0.15, 0.2) is 125 Å². The first-order chi connectivity index (χ1) is 35.4. The average Bonchev–Trinajstić information content (AvgIpc) is 4.05. The van der Waals surface area contributed by atoms with E-state index in [0.29, 0.717) is 49.1 Å². The molecule has 6 aromatic rings. The van der Waals surface area contributed by atoms with E-state index < -0.39 is 20.0 Å². The van der Waals surface area contributed by atoms with Crippen LogP contribution >= 0.6 is 0 Å². The van der Waals surface area contributed by atoms with Gasteiger partial charge in [-0.25, -0.2) is 21.4 Å². The number of ether oxygens (including phenoxy) is 4. The van der Waals surface area contributed by atoms with Gasteiger partial charge in [0.2, 0.25) is 0 Å². The minimum atomic E-state index is -3.92. The number of aliphatic hydroxyl groups excluding tert-OH is 2. The van der Waals surface area contributed by atoms with Gasteiger partial charge in [0.15, 0.2) is 10.1 Å². The summed E-state index contributed by atoms with van der Waals surface area (Å²) < 4.78 is 84.0. The van der Waals surface area contributed by atoms with Crippen molar-refractivity contribution in [2.45, 2.75) is 94.4 Å². The van der Waals surface area contributed by atoms with E-state index in [2.05, 4.69) is 16.9 Å². The summed E-state index contributed by atoms with van der Waals surface area (Å²) in [7, 11) is 6.28. The van der Waals surface area contributed by atoms with Crippen molar-refractivity contribution in [2.24, 2.45) is 0 Å². The minimum absolute atomic E-state index is 0. The summed E-state index contributed by atoms with van der Waals surface area (Å²) in [5.41, 5.74) is 4.21. The van der Waals surface area contributed by atoms with Gasteiger partial charge >= 0.3 is 0 Å². The first-order valence-electron chi connectivity index (χ1n) is 24.4. The molecular weight excluding hydrogens is 1110 g/mol. The average molecular weight is 1190 g/mol. The molecule has 0 spiro atoms. The van der Waals surface area contributed by atoms with E-state index in [1.54, 1.807) is 54.6 Å². The quantitative estimate of drug-likeness (QED) is 0.0311. The van der Waals surface area contributed by atoms with Gasteiger partial charge in [-0.15, -0.1) is 0 Å². The van der Waals surface area contributed by atoms with E-state index in [-0.39, 0.29) is 73.4 Å². The number of aromatic nitrogens is 4. The number of nitrogens with zero attached hydrogens (tertiary/aromatic N) is 8. The van der Waals surface area contributed by atoms with Gasteiger partial charge in [0.1, 0.15) is 43.8 Å². The molecule has 0 saturated carbocycles. The summed E-state index contributed by atoms with van der Waals surface area (Å²) in [6, 6.07) is 32.7. The number of aliphatic hydroxyl groups is 2. The monoisotopic (exact) mass is 1190 g/mol. The van der Waals surface area contributed by atoms with E-state index in [4.69, 9.17) is 29.2 Å². The molecule has 0 fully saturated rings. The van der Waals surface area contributed by atoms with Crippen LogP contribution in [0.2, 0.25) is 0 Å². The molecule has 0 radical (unpaired) electrons. The zero-order valence-electron chi connectivity index (χ0n) is 44.7. The number of sulfonamides is 2. The Labute approximate surface area is 462 Å². The second-order valence-electron chi connectivity index (χ2n) is 17.9. The number of aryl methyl sites for hydroxylation is 2. The SMILES string of the molecule is C=[N+](C)C.COc1ccc(CN(Cc2ccc(OC)cc2)S(=O)(=O)c2cc(CN(C)C)n(CCCCCO)n2)cc1.COc1ccc(CN(Cc2ccc(OC)cc2)S(=O)(=O)c2ccn(CCCCCO)n2)cc1.[I-]. The van der Waals surface area contributed by atoms with Crippen LogP contribution in [0.5, 0.6) is 23.0 Å². The van der Waals surface area contributed by atoms with Crippen molar-refractivity contribution in [3.05, 3.63) is 143 Å². The van der Waals surface area contributed by atoms with Crippen molar-refractivity contribution in [1.82, 2.24) is 33.1 Å². The highest BCUT2D eigenvalue weighted by Gasteiger charge is 2.30. The zero-order valence-corrected chi connectivity index (χ0v) is 48.5. The van der Waals surface area contributed by atoms with Gasteiger partial charge in [-0.3, -0.25) is 9.36 Å². The lowest BCUT2D eigenvalue weighted by Crippen LogP contribution is -3.00. The molecule has 2 heterocycles. The van der Waals surface area contributed by atoms with Gasteiger partial charge in [-0.05, 0) is 129 Å². The topological polar surface area (TPSA) is 194 Å². The van der Waals surface area contributed by atoms with Crippen LogP contribution in [-0.2, 0) is 65.9 Å². The van der Waals surface area contributed by atoms with Crippen molar-refractivity contribution in [1.29, 1.82) is 0 Å². The Morgan fingerprint density at radius 2 is 0.867 bits per heavy atom. The summed E-state index contributed by atoms with van der Waals surface area (Å²) in [6.07, 6.45) is 6.47. The van der Waals surface area contributed by atoms with Crippen LogP contribution in [0.4, 0.5) is 0 Å². The molecule has 0 aliphatic heterocycles. The van der Waals surface area contributed by atoms with Crippen LogP contribution in [0.1, 0.15) is 66.5 Å². The van der Waals surface area contributed by atoms with Gasteiger partial charge < -0.3 is 58.0 Å². The van der Waals surface area contributed by atoms with Crippen molar-refractivity contribution in [3.63, 3.8) is 0 Å². The lowest BCUT2D eigenvalue weighted by atomic mass is 10.2. The summed E-state index contributed by atoms with van der Waals surface area (Å²) in [5.74, 6) is 2.84. The van der Waals surface area contributed by atoms with Crippen LogP contribution < -0.4 is 42.9 Å². The van der Waals surface area contributed by atoms with Gasteiger partial charge in [0, 0.05) is 71.3 Å². The highest BCUT2D eigenvalue weighted by molar-refractivity contribution is 7.89. The standard InChI is InChI=1S/C27H38N4O5S.C24H31N3O5S.C3H8N.HI/c1-29(2)21-24-18-27(28-31(24)16-6-5-7-17-32)37(33,34)30(19-22-8-12-25(35-3)13-9-22)20-23-10-14-26(36-4)15-11-23;1-31-22-10-6-20(7-11-22)18-27(19-21-8-12-23(32-2)13-9-21)33(29,30)24-14-16-26(25-24)15-4-3-5-17-28;1-4(2)3;/h8-15,18,32H,5-7,16-17,19-21H2,1-4H3;6-14,16,28H,3-5,15,17-19H2,1-2H3;1H2,2-3H3;1H/q;;+1;/p-1. The Hall–Kier alpha value is -5.40. The normalized spacial score (nSPS) is 11.3. The molecule has 0 unspecified atom stereocenters. The highest BCUT2D eigenvalue weighted by Crippen LogP contribution is 2.26. The van der Waals surface area contributed by atoms with Crippen molar-refractivity contribution < 1.29 is 74.5 Å². The Balaban J connectivity index is 0.000000366. The van der Waals surface area contributed by atoms with Gasteiger partial charge in [0.25, 0.3) is 20.0 Å². The Morgan fingerprint density at radius 3 is 1.20 bits per heavy atom. The zero-order chi connectivity index (χ0) is 54.1. The largest absolute Gasteiger partial charge is 1.00 e. The molecule has 0 saturated heterocycles. The predicted molar refractivity (Wildman–Crippen MR) is 288 cm³/mol. The molecule has 0 aliphatic carbocycles. The van der Waals surface area contributed by atoms with Crippen LogP contribution in [0.25, 0.3) is 0 Å². The molecule has 21 heteroatoms. The van der Waals surface area contributed by atoms with E-state index >= 15 is 0 Å². The molecule has 6 rings (SSSR count). The number of unbranched alkanes of at least 4 members (excludes halogenated alkanes) is 4. The van der Waals surface area contributed by atoms with Gasteiger partial charge in [-0.2, -0.15) is 18.8 Å². The number of hydrogen-bond donors (Lipinski definition) is 2. The number of halogens is 1. The van der Waals surface area contributed by atoms with Crippen LogP contribution in [0.3, 0.4) is 0 Å². The molecule has 0 atom stereocenters. The molecule has 2 aromatic heterocycles. The maximum absolute atomic E-state index is 14.0. The lowest BCUT2D eigenvalue weighted by Gasteiger charge is -2.21. The third kappa shape index (κ3) is 21.3. The Kier molecular flexibility index (Phi) is 28.0. The van der Waals surface area contributed by atoms with Gasteiger partial charge in [-0.1, -0.05) is 48.5 Å². The van der Waals surface area contributed by atoms with Crippen molar-refractivity contribution in [3.8, 4) is 23.0 Å². The summed E-state index contributed by atoms with van der Waals surface area (Å²) in [5, 5.41) is 26.9. The fourth-order valence-electron chi connectivity index (χ4n) is 7.37. The third-order valence-electron chi connectivity index (χ3n) is 11.3. The van der Waals surface area contributed by atoms with Crippen LogP contribution in [0, 0.1) is 0 Å². The first-order valence-corrected chi connectivity index (χ1v) is 27.3. The molecule has 75 heavy (non-hydrogen) atoms. The number of rotatable bonds is 28. The maximum atomic E-state index is 14.0. The Morgan fingerprint density at radius 1 is 0.520 bits per heavy atom. The van der Waals surface area contributed by atoms with Crippen molar-refractivity contribution in [2.75, 3.05) is 69.8 Å². The molecule has 0 bridgehead atoms. The van der Waals surface area contributed by atoms with Crippen molar-refractivity contribution >= 4 is 26.8 Å². The maximum Gasteiger partial charge on any atom is 0.263 e. The number of methoxy groups -OCH3 is 4. The second kappa shape index (κ2) is 32.9. The third-order valence-corrected chi connectivity index (χ3v) is 14.6. The number of benzene rings is 4. The summed E-state index contributed by atoms with van der Waals surface area (Å²) in [6.45, 7) is 6.31. The molecule has 2 N–H and O–H groups in total. The smallest absolute Gasteiger partial charge is 0.263 e. The van der Waals surface area contributed by atoms with Gasteiger partial charge in [0.05, 0.1) is 34.1 Å². The summed E-state index contributed by atoms with van der Waals surface area (Å²) >= 11 is 0. The second-order valence-corrected chi connectivity index (χ2v) is 21.7. The molecular formula is C54H77IN8O10S2. The fraction of sp³-hybridized carbons (Fsp3) is 0.426. The molecule has 0 aliphatic rings. The fourth-order valence-corrected chi connectivity index (χ4v) is 10.1. The molecule has 18 nitrogen and oxygen atoms in total. The first kappa shape index (κ1) is 63.9. The Bertz CT molecular complexity index is 2690. The summed E-state index contributed by atoms with van der Waals surface area (Å²) in [4.78, 5) is 1.99. The number of hydrogen-bond acceptors (Lipinski definition) is 13.